The number of carbonyl (C=O) groups is 1. The molecule has 0 spiro atoms. The number of hydrogen-bond donors (Lipinski definition) is 1. The molecule has 3 rings (SSSR count). The van der Waals surface area contributed by atoms with Crippen LogP contribution in [0, 0.1) is 0 Å². The predicted molar refractivity (Wildman–Crippen MR) is 80.0 cm³/mol. The van der Waals surface area contributed by atoms with E-state index in [4.69, 9.17) is 0 Å². The molecule has 1 aliphatic heterocycles. The number of likely N-dealkylation sites (tertiary alicyclic amines) is 1. The number of nitrogens with zero attached hydrogens (tertiary/aromatic N) is 6. The molecular formula is C14H21N7O. The van der Waals surface area contributed by atoms with E-state index in [0.29, 0.717) is 19.4 Å². The van der Waals surface area contributed by atoms with E-state index in [9.17, 15) is 4.79 Å². The van der Waals surface area contributed by atoms with Crippen LogP contribution in [0.5, 0.6) is 0 Å². The number of aromatic amines is 1. The first-order valence-corrected chi connectivity index (χ1v) is 7.42. The number of likely N-dealkylation sites (N-methyl/N-ethyl adjacent to an activating group) is 1. The molecule has 0 aliphatic carbocycles. The Labute approximate surface area is 129 Å². The number of rotatable bonds is 5. The number of nitrogens with one attached hydrogen (secondary N) is 1. The van der Waals surface area contributed by atoms with E-state index in [0.717, 1.165) is 12.2 Å². The molecule has 1 amide bonds. The SMILES string of the molecule is CN(C)[C@@H]1CN(C(=O)CCc2cnc[nH]2)C[C@@H]1n1ccnn1. The first-order valence-electron chi connectivity index (χ1n) is 7.42. The molecule has 0 bridgehead atoms. The lowest BCUT2D eigenvalue weighted by Crippen LogP contribution is -2.37. The normalized spacial score (nSPS) is 21.7. The van der Waals surface area contributed by atoms with Gasteiger partial charge in [-0.1, -0.05) is 5.21 Å². The van der Waals surface area contributed by atoms with Crippen molar-refractivity contribution in [1.82, 2.24) is 34.8 Å². The van der Waals surface area contributed by atoms with Gasteiger partial charge < -0.3 is 14.8 Å². The molecule has 0 radical (unpaired) electrons. The fourth-order valence-electron chi connectivity index (χ4n) is 2.96. The minimum atomic E-state index is 0.147. The predicted octanol–water partition coefficient (Wildman–Crippen LogP) is -0.0525. The molecule has 2 atom stereocenters. The van der Waals surface area contributed by atoms with Gasteiger partial charge in [-0.2, -0.15) is 0 Å². The second-order valence-electron chi connectivity index (χ2n) is 5.86. The number of imidazole rings is 1. The number of H-pyrrole nitrogens is 1. The summed E-state index contributed by atoms with van der Waals surface area (Å²) in [6, 6.07) is 0.395. The molecule has 1 saturated heterocycles. The first kappa shape index (κ1) is 14.7. The fourth-order valence-corrected chi connectivity index (χ4v) is 2.96. The third-order valence-corrected chi connectivity index (χ3v) is 4.22. The van der Waals surface area contributed by atoms with Crippen molar-refractivity contribution in [2.24, 2.45) is 0 Å². The number of aromatic nitrogens is 5. The topological polar surface area (TPSA) is 82.9 Å². The third-order valence-electron chi connectivity index (χ3n) is 4.22. The highest BCUT2D eigenvalue weighted by Crippen LogP contribution is 2.25. The molecule has 8 nitrogen and oxygen atoms in total. The van der Waals surface area contributed by atoms with Crippen molar-refractivity contribution in [3.63, 3.8) is 0 Å². The van der Waals surface area contributed by atoms with Gasteiger partial charge >= 0.3 is 0 Å². The van der Waals surface area contributed by atoms with Gasteiger partial charge in [0.05, 0.1) is 24.6 Å². The summed E-state index contributed by atoms with van der Waals surface area (Å²) in [7, 11) is 4.07. The Morgan fingerprint density at radius 3 is 2.95 bits per heavy atom. The van der Waals surface area contributed by atoms with Crippen molar-refractivity contribution in [3.8, 4) is 0 Å². The molecule has 2 aromatic rings. The van der Waals surface area contributed by atoms with Gasteiger partial charge in [-0.05, 0) is 20.5 Å². The highest BCUT2D eigenvalue weighted by molar-refractivity contribution is 5.76. The van der Waals surface area contributed by atoms with Gasteiger partial charge in [-0.15, -0.1) is 5.10 Å². The van der Waals surface area contributed by atoms with Crippen LogP contribution in [0.25, 0.3) is 0 Å². The van der Waals surface area contributed by atoms with Crippen molar-refractivity contribution in [2.45, 2.75) is 24.9 Å². The first-order chi connectivity index (χ1) is 10.6. The van der Waals surface area contributed by atoms with Gasteiger partial charge in [0.2, 0.25) is 5.91 Å². The van der Waals surface area contributed by atoms with Crippen LogP contribution >= 0.6 is 0 Å². The smallest absolute Gasteiger partial charge is 0.223 e. The molecule has 1 N–H and O–H groups in total. The average molecular weight is 303 g/mol. The van der Waals surface area contributed by atoms with Crippen molar-refractivity contribution >= 4 is 5.91 Å². The van der Waals surface area contributed by atoms with Crippen LogP contribution < -0.4 is 0 Å². The Morgan fingerprint density at radius 1 is 1.45 bits per heavy atom. The zero-order chi connectivity index (χ0) is 15.5. The standard InChI is InChI=1S/C14H21N7O/c1-19(2)12-8-20(9-13(12)21-6-5-17-18-21)14(22)4-3-11-7-15-10-16-11/h5-7,10,12-13H,3-4,8-9H2,1-2H3,(H,15,16)/t12-,13+/m1/s1. The lowest BCUT2D eigenvalue weighted by Gasteiger charge is -2.24. The summed E-state index contributed by atoms with van der Waals surface area (Å²) < 4.78 is 1.85. The molecule has 8 heteroatoms. The minimum Gasteiger partial charge on any atom is -0.348 e. The average Bonchev–Trinajstić information content (AvgIpc) is 3.23. The van der Waals surface area contributed by atoms with Gasteiger partial charge in [0.15, 0.2) is 0 Å². The van der Waals surface area contributed by atoms with Crippen LogP contribution in [-0.4, -0.2) is 73.9 Å². The molecule has 0 unspecified atom stereocenters. The maximum absolute atomic E-state index is 12.5. The number of hydrogen-bond acceptors (Lipinski definition) is 5. The summed E-state index contributed by atoms with van der Waals surface area (Å²) in [5.41, 5.74) is 0.990. The Bertz CT molecular complexity index is 593. The maximum atomic E-state index is 12.5. The van der Waals surface area contributed by atoms with E-state index < -0.39 is 0 Å². The van der Waals surface area contributed by atoms with E-state index in [1.165, 1.54) is 0 Å². The molecular weight excluding hydrogens is 282 g/mol. The van der Waals surface area contributed by atoms with Crippen LogP contribution in [-0.2, 0) is 11.2 Å². The number of amides is 1. The van der Waals surface area contributed by atoms with Gasteiger partial charge in [0.25, 0.3) is 0 Å². The second-order valence-corrected chi connectivity index (χ2v) is 5.86. The van der Waals surface area contributed by atoms with Crippen LogP contribution in [0.4, 0.5) is 0 Å². The lowest BCUT2D eigenvalue weighted by molar-refractivity contribution is -0.130. The molecule has 0 aromatic carbocycles. The monoisotopic (exact) mass is 303 g/mol. The molecule has 1 fully saturated rings. The molecule has 3 heterocycles. The van der Waals surface area contributed by atoms with Gasteiger partial charge in [0.1, 0.15) is 0 Å². The maximum Gasteiger partial charge on any atom is 0.223 e. The zero-order valence-corrected chi connectivity index (χ0v) is 12.9. The molecule has 2 aromatic heterocycles. The number of carbonyl (C=O) groups excluding carboxylic acids is 1. The van der Waals surface area contributed by atoms with Gasteiger partial charge in [-0.25, -0.2) is 9.67 Å². The third kappa shape index (κ3) is 3.01. The summed E-state index contributed by atoms with van der Waals surface area (Å²) in [6.45, 7) is 1.40. The lowest BCUT2D eigenvalue weighted by atomic mass is 10.1. The zero-order valence-electron chi connectivity index (χ0n) is 12.9. The van der Waals surface area contributed by atoms with Crippen molar-refractivity contribution < 1.29 is 4.79 Å². The van der Waals surface area contributed by atoms with E-state index in [2.05, 4.69) is 25.2 Å². The van der Waals surface area contributed by atoms with Crippen molar-refractivity contribution in [3.05, 3.63) is 30.6 Å². The summed E-state index contributed by atoms with van der Waals surface area (Å²) in [4.78, 5) is 23.5. The summed E-state index contributed by atoms with van der Waals surface area (Å²) in [5.74, 6) is 0.170. The van der Waals surface area contributed by atoms with Crippen LogP contribution in [0.15, 0.2) is 24.9 Å². The Morgan fingerprint density at radius 2 is 2.32 bits per heavy atom. The molecule has 0 saturated carbocycles. The largest absolute Gasteiger partial charge is 0.348 e. The van der Waals surface area contributed by atoms with E-state index in [-0.39, 0.29) is 18.0 Å². The van der Waals surface area contributed by atoms with Crippen molar-refractivity contribution in [2.75, 3.05) is 27.2 Å². The number of aryl methyl sites for hydroxylation is 1. The summed E-state index contributed by atoms with van der Waals surface area (Å²) in [5, 5.41) is 7.98. The van der Waals surface area contributed by atoms with Crippen LogP contribution in [0.3, 0.4) is 0 Å². The van der Waals surface area contributed by atoms with E-state index in [1.807, 2.05) is 29.9 Å². The van der Waals surface area contributed by atoms with Crippen LogP contribution in [0.2, 0.25) is 0 Å². The summed E-state index contributed by atoms with van der Waals surface area (Å²) >= 11 is 0. The highest BCUT2D eigenvalue weighted by Gasteiger charge is 2.37. The van der Waals surface area contributed by atoms with Crippen LogP contribution in [0.1, 0.15) is 18.2 Å². The van der Waals surface area contributed by atoms with Gasteiger partial charge in [0, 0.05) is 37.6 Å². The molecule has 118 valence electrons. The van der Waals surface area contributed by atoms with E-state index in [1.54, 1.807) is 18.7 Å². The highest BCUT2D eigenvalue weighted by atomic mass is 16.2. The summed E-state index contributed by atoms with van der Waals surface area (Å²) in [6.07, 6.45) is 8.12. The Hall–Kier alpha value is -2.22. The Balaban J connectivity index is 1.64. The second kappa shape index (κ2) is 6.27. The molecule has 1 aliphatic rings. The quantitative estimate of drug-likeness (QED) is 0.837. The van der Waals surface area contributed by atoms with Crippen molar-refractivity contribution in [1.29, 1.82) is 0 Å². The molecule has 22 heavy (non-hydrogen) atoms. The van der Waals surface area contributed by atoms with E-state index >= 15 is 0 Å². The Kier molecular flexibility index (Phi) is 4.19. The fraction of sp³-hybridized carbons (Fsp3) is 0.571. The van der Waals surface area contributed by atoms with Gasteiger partial charge in [-0.3, -0.25) is 4.79 Å². The minimum absolute atomic E-state index is 0.147.